The summed E-state index contributed by atoms with van der Waals surface area (Å²) in [7, 11) is 3.24. The molecule has 5 nitrogen and oxygen atoms in total. The van der Waals surface area contributed by atoms with E-state index in [0.29, 0.717) is 22.8 Å². The monoisotopic (exact) mass is 411 g/mol. The third kappa shape index (κ3) is 3.98. The molecule has 0 aliphatic carbocycles. The Morgan fingerprint density at radius 1 is 1.07 bits per heavy atom. The summed E-state index contributed by atoms with van der Waals surface area (Å²) in [5.41, 5.74) is 5.64. The van der Waals surface area contributed by atoms with Crippen LogP contribution in [0, 0.1) is 32.1 Å². The van der Waals surface area contributed by atoms with Crippen molar-refractivity contribution in [1.82, 2.24) is 9.97 Å². The van der Waals surface area contributed by atoms with Crippen LogP contribution in [0.5, 0.6) is 11.5 Å². The summed E-state index contributed by atoms with van der Waals surface area (Å²) in [5.74, 6) is 2.03. The normalized spacial score (nSPS) is 10.6. The van der Waals surface area contributed by atoms with Crippen molar-refractivity contribution in [2.24, 2.45) is 0 Å². The van der Waals surface area contributed by atoms with E-state index in [0.717, 1.165) is 38.1 Å². The van der Waals surface area contributed by atoms with Crippen LogP contribution in [0.25, 0.3) is 10.6 Å². The topological polar surface area (TPSA) is 68.0 Å². The molecule has 0 spiro atoms. The average Bonchev–Trinajstić information content (AvgIpc) is 3.19. The van der Waals surface area contributed by atoms with Crippen LogP contribution in [0.4, 0.5) is 0 Å². The third-order valence-electron chi connectivity index (χ3n) is 4.61. The molecule has 0 aliphatic heterocycles. The summed E-state index contributed by atoms with van der Waals surface area (Å²) in [6.45, 7) is 5.96. The van der Waals surface area contributed by atoms with Gasteiger partial charge in [0.05, 0.1) is 25.5 Å². The number of nitrogens with zero attached hydrogens (tertiary/aromatic N) is 3. The van der Waals surface area contributed by atoms with Gasteiger partial charge in [-0.3, -0.25) is 0 Å². The second-order valence-corrected chi connectivity index (χ2v) is 8.06. The van der Waals surface area contributed by atoms with Gasteiger partial charge in [-0.25, -0.2) is 9.97 Å². The molecule has 0 fully saturated rings. The lowest BCUT2D eigenvalue weighted by Gasteiger charge is -2.10. The molecule has 0 atom stereocenters. The second kappa shape index (κ2) is 8.63. The molecule has 2 aromatic heterocycles. The Bertz CT molecular complexity index is 1050. The number of ether oxygens (including phenoxy) is 2. The van der Waals surface area contributed by atoms with E-state index in [9.17, 15) is 5.26 Å². The Morgan fingerprint density at radius 2 is 1.82 bits per heavy atom. The molecule has 2 heterocycles. The van der Waals surface area contributed by atoms with Crippen LogP contribution in [0.15, 0.2) is 28.6 Å². The minimum atomic E-state index is 0.656. The minimum Gasteiger partial charge on any atom is -0.493 e. The van der Waals surface area contributed by atoms with Gasteiger partial charge in [-0.2, -0.15) is 5.26 Å². The van der Waals surface area contributed by atoms with Crippen LogP contribution in [-0.2, 0) is 5.75 Å². The maximum absolute atomic E-state index is 9.52. The SMILES string of the molecule is COc1ccc(-c2nc(CSc3nc(C)c(C)c(C)c3C#N)cs2)cc1OC. The summed E-state index contributed by atoms with van der Waals surface area (Å²) in [6.07, 6.45) is 0. The van der Waals surface area contributed by atoms with Crippen molar-refractivity contribution in [1.29, 1.82) is 5.26 Å². The Kier molecular flexibility index (Phi) is 6.22. The Labute approximate surface area is 173 Å². The molecule has 0 saturated heterocycles. The predicted octanol–water partition coefficient (Wildman–Crippen LogP) is 5.31. The van der Waals surface area contributed by atoms with Crippen LogP contribution in [0.3, 0.4) is 0 Å². The van der Waals surface area contributed by atoms with Crippen molar-refractivity contribution in [2.75, 3.05) is 14.2 Å². The largest absolute Gasteiger partial charge is 0.493 e. The highest BCUT2D eigenvalue weighted by Gasteiger charge is 2.14. The summed E-state index contributed by atoms with van der Waals surface area (Å²) < 4.78 is 10.7. The number of thiazole rings is 1. The van der Waals surface area contributed by atoms with E-state index in [4.69, 9.17) is 14.5 Å². The highest BCUT2D eigenvalue weighted by Crippen LogP contribution is 2.35. The number of methoxy groups -OCH3 is 2. The number of nitriles is 1. The first-order valence-electron chi connectivity index (χ1n) is 8.66. The van der Waals surface area contributed by atoms with Crippen LogP contribution >= 0.6 is 23.1 Å². The molecular formula is C21H21N3O2S2. The van der Waals surface area contributed by atoms with Crippen molar-refractivity contribution in [3.8, 4) is 28.1 Å². The third-order valence-corrected chi connectivity index (χ3v) is 6.56. The molecule has 0 N–H and O–H groups in total. The zero-order valence-electron chi connectivity index (χ0n) is 16.5. The fourth-order valence-corrected chi connectivity index (χ4v) is 4.66. The van der Waals surface area contributed by atoms with E-state index in [2.05, 4.69) is 11.1 Å². The molecule has 7 heteroatoms. The molecule has 28 heavy (non-hydrogen) atoms. The molecular weight excluding hydrogens is 390 g/mol. The molecule has 0 radical (unpaired) electrons. The molecule has 3 rings (SSSR count). The van der Waals surface area contributed by atoms with Gasteiger partial charge in [0.1, 0.15) is 16.1 Å². The van der Waals surface area contributed by atoms with E-state index < -0.39 is 0 Å². The standard InChI is InChI=1S/C21H21N3O2S2/c1-12-13(2)17(9-22)21(23-14(12)3)28-11-16-10-27-20(24-16)15-6-7-18(25-4)19(8-15)26-5/h6-8,10H,11H2,1-5H3. The second-order valence-electron chi connectivity index (χ2n) is 6.24. The lowest BCUT2D eigenvalue weighted by atomic mass is 10.1. The van der Waals surface area contributed by atoms with Gasteiger partial charge < -0.3 is 9.47 Å². The van der Waals surface area contributed by atoms with Crippen molar-refractivity contribution in [2.45, 2.75) is 31.6 Å². The van der Waals surface area contributed by atoms with Crippen molar-refractivity contribution < 1.29 is 9.47 Å². The quantitative estimate of drug-likeness (QED) is 0.512. The van der Waals surface area contributed by atoms with E-state index >= 15 is 0 Å². The van der Waals surface area contributed by atoms with E-state index in [1.165, 1.54) is 0 Å². The maximum Gasteiger partial charge on any atom is 0.161 e. The fourth-order valence-electron chi connectivity index (χ4n) is 2.76. The Balaban J connectivity index is 1.81. The first-order valence-corrected chi connectivity index (χ1v) is 10.5. The first-order chi connectivity index (χ1) is 13.5. The lowest BCUT2D eigenvalue weighted by Crippen LogP contribution is -1.99. The van der Waals surface area contributed by atoms with Gasteiger partial charge in [0.2, 0.25) is 0 Å². The Morgan fingerprint density at radius 3 is 2.50 bits per heavy atom. The Hall–Kier alpha value is -2.56. The predicted molar refractivity (Wildman–Crippen MR) is 113 cm³/mol. The minimum absolute atomic E-state index is 0.656. The van der Waals surface area contributed by atoms with Gasteiger partial charge in [-0.05, 0) is 50.1 Å². The number of pyridine rings is 1. The summed E-state index contributed by atoms with van der Waals surface area (Å²) in [4.78, 5) is 9.35. The highest BCUT2D eigenvalue weighted by atomic mass is 32.2. The number of rotatable bonds is 6. The molecule has 0 saturated carbocycles. The molecule has 0 amide bonds. The van der Waals surface area contributed by atoms with Crippen LogP contribution in [0.1, 0.15) is 28.1 Å². The van der Waals surface area contributed by atoms with Gasteiger partial charge in [0, 0.05) is 22.4 Å². The van der Waals surface area contributed by atoms with Gasteiger partial charge >= 0.3 is 0 Å². The van der Waals surface area contributed by atoms with Crippen molar-refractivity contribution in [3.05, 3.63) is 51.7 Å². The van der Waals surface area contributed by atoms with Crippen molar-refractivity contribution in [3.63, 3.8) is 0 Å². The number of benzene rings is 1. The van der Waals surface area contributed by atoms with Crippen LogP contribution in [-0.4, -0.2) is 24.2 Å². The van der Waals surface area contributed by atoms with Crippen molar-refractivity contribution >= 4 is 23.1 Å². The summed E-state index contributed by atoms with van der Waals surface area (Å²) in [5, 5.41) is 13.2. The molecule has 144 valence electrons. The number of aryl methyl sites for hydroxylation is 1. The van der Waals surface area contributed by atoms with Gasteiger partial charge in [-0.1, -0.05) is 11.8 Å². The number of hydrogen-bond donors (Lipinski definition) is 0. The highest BCUT2D eigenvalue weighted by molar-refractivity contribution is 7.98. The molecule has 0 aliphatic rings. The maximum atomic E-state index is 9.52. The summed E-state index contributed by atoms with van der Waals surface area (Å²) in [6, 6.07) is 8.07. The fraction of sp³-hybridized carbons (Fsp3) is 0.286. The average molecular weight is 412 g/mol. The van der Waals surface area contributed by atoms with Crippen LogP contribution in [0.2, 0.25) is 0 Å². The van der Waals surface area contributed by atoms with Gasteiger partial charge in [0.25, 0.3) is 0 Å². The van der Waals surface area contributed by atoms with E-state index in [1.54, 1.807) is 37.3 Å². The number of hydrogen-bond acceptors (Lipinski definition) is 7. The smallest absolute Gasteiger partial charge is 0.161 e. The summed E-state index contributed by atoms with van der Waals surface area (Å²) >= 11 is 3.13. The van der Waals surface area contributed by atoms with Crippen LogP contribution < -0.4 is 9.47 Å². The number of aromatic nitrogens is 2. The molecule has 1 aromatic carbocycles. The zero-order chi connectivity index (χ0) is 20.3. The molecule has 0 bridgehead atoms. The first kappa shape index (κ1) is 20.2. The number of thioether (sulfide) groups is 1. The van der Waals surface area contributed by atoms with E-state index in [-0.39, 0.29) is 0 Å². The lowest BCUT2D eigenvalue weighted by molar-refractivity contribution is 0.355. The van der Waals surface area contributed by atoms with Gasteiger partial charge in [-0.15, -0.1) is 11.3 Å². The zero-order valence-corrected chi connectivity index (χ0v) is 18.1. The molecule has 0 unspecified atom stereocenters. The van der Waals surface area contributed by atoms with Gasteiger partial charge in [0.15, 0.2) is 11.5 Å². The van der Waals surface area contributed by atoms with E-state index in [1.807, 2.05) is 44.4 Å². The molecule has 3 aromatic rings.